The van der Waals surface area contributed by atoms with E-state index in [-0.39, 0.29) is 0 Å². The number of furan rings is 1. The molecule has 0 aliphatic rings. The van der Waals surface area contributed by atoms with Crippen molar-refractivity contribution in [1.82, 2.24) is 4.98 Å². The summed E-state index contributed by atoms with van der Waals surface area (Å²) in [6, 6.07) is 68.6. The molecule has 0 fully saturated rings. The first-order valence-corrected chi connectivity index (χ1v) is 18.6. The van der Waals surface area contributed by atoms with Crippen LogP contribution in [-0.2, 0) is 0 Å². The van der Waals surface area contributed by atoms with Gasteiger partial charge in [-0.25, -0.2) is 4.98 Å². The highest BCUT2D eigenvalue weighted by molar-refractivity contribution is 7.21. The van der Waals surface area contributed by atoms with Crippen molar-refractivity contribution in [2.45, 2.75) is 0 Å². The number of fused-ring (bicyclic) bond motifs is 4. The van der Waals surface area contributed by atoms with Crippen LogP contribution in [0, 0.1) is 0 Å². The smallest absolute Gasteiger partial charge is 0.159 e. The van der Waals surface area contributed by atoms with E-state index in [1.54, 1.807) is 11.3 Å². The summed E-state index contributed by atoms with van der Waals surface area (Å²) in [4.78, 5) is 7.40. The number of benzene rings is 8. The number of rotatable bonds is 7. The molecule has 3 nitrogen and oxygen atoms in total. The number of nitrogens with zero attached hydrogens (tertiary/aromatic N) is 2. The van der Waals surface area contributed by atoms with Crippen LogP contribution < -0.4 is 4.90 Å². The third kappa shape index (κ3) is 5.66. The van der Waals surface area contributed by atoms with Gasteiger partial charge in [0.15, 0.2) is 5.58 Å². The van der Waals surface area contributed by atoms with Crippen molar-refractivity contribution in [2.24, 2.45) is 0 Å². The molecule has 0 aliphatic carbocycles. The Balaban J connectivity index is 1.19. The van der Waals surface area contributed by atoms with Crippen molar-refractivity contribution in [3.63, 3.8) is 0 Å². The predicted octanol–water partition coefficient (Wildman–Crippen LogP) is 14.3. The van der Waals surface area contributed by atoms with Crippen molar-refractivity contribution >= 4 is 60.6 Å². The van der Waals surface area contributed by atoms with Crippen LogP contribution in [0.3, 0.4) is 0 Å². The molecule has 8 aromatic carbocycles. The summed E-state index contributed by atoms with van der Waals surface area (Å²) in [5, 5.41) is 3.12. The minimum atomic E-state index is 0.835. The van der Waals surface area contributed by atoms with Gasteiger partial charge in [0.25, 0.3) is 0 Å². The number of thiazole rings is 1. The van der Waals surface area contributed by atoms with E-state index >= 15 is 0 Å². The van der Waals surface area contributed by atoms with Gasteiger partial charge < -0.3 is 9.32 Å². The average Bonchev–Trinajstić information content (AvgIpc) is 3.83. The Kier molecular flexibility index (Phi) is 7.67. The molecule has 0 spiro atoms. The quantitative estimate of drug-likeness (QED) is 0.166. The van der Waals surface area contributed by atoms with E-state index in [0.717, 1.165) is 76.5 Å². The van der Waals surface area contributed by atoms with Crippen LogP contribution in [0.5, 0.6) is 0 Å². The maximum absolute atomic E-state index is 6.90. The maximum Gasteiger partial charge on any atom is 0.159 e. The number of anilines is 3. The average molecular weight is 697 g/mol. The summed E-state index contributed by atoms with van der Waals surface area (Å²) < 4.78 is 8.00. The predicted molar refractivity (Wildman–Crippen MR) is 223 cm³/mol. The van der Waals surface area contributed by atoms with Crippen LogP contribution in [0.4, 0.5) is 17.1 Å². The number of hydrogen-bond donors (Lipinski definition) is 0. The van der Waals surface area contributed by atoms with Crippen LogP contribution in [0.1, 0.15) is 0 Å². The summed E-state index contributed by atoms with van der Waals surface area (Å²) in [7, 11) is 0. The normalized spacial score (nSPS) is 11.4. The second-order valence-corrected chi connectivity index (χ2v) is 14.2. The lowest BCUT2D eigenvalue weighted by molar-refractivity contribution is 0.669. The Bertz CT molecular complexity index is 2860. The second-order valence-electron chi connectivity index (χ2n) is 13.2. The van der Waals surface area contributed by atoms with E-state index in [1.807, 2.05) is 6.07 Å². The van der Waals surface area contributed by atoms with Crippen molar-refractivity contribution in [3.05, 3.63) is 194 Å². The van der Waals surface area contributed by atoms with E-state index in [2.05, 4.69) is 193 Å². The third-order valence-electron chi connectivity index (χ3n) is 9.91. The molecule has 0 radical (unpaired) electrons. The molecule has 0 atom stereocenters. The molecule has 250 valence electrons. The SMILES string of the molecule is c1ccc(-c2ccc(N(c3ccc(-c4ccccc4)cc3-c3ccccc3)c3cccc4c3oc3cc5sc(-c6ccccc6)nc5cc34)cc2)cc1. The molecule has 0 aliphatic heterocycles. The maximum atomic E-state index is 6.90. The van der Waals surface area contributed by atoms with E-state index in [0.29, 0.717) is 0 Å². The van der Waals surface area contributed by atoms with Gasteiger partial charge in [0.05, 0.1) is 21.6 Å². The Morgan fingerprint density at radius 1 is 0.434 bits per heavy atom. The highest BCUT2D eigenvalue weighted by Crippen LogP contribution is 2.47. The molecule has 10 rings (SSSR count). The molecule has 0 bridgehead atoms. The van der Waals surface area contributed by atoms with Gasteiger partial charge in [-0.1, -0.05) is 152 Å². The van der Waals surface area contributed by atoms with Crippen LogP contribution >= 0.6 is 11.3 Å². The topological polar surface area (TPSA) is 29.3 Å². The molecule has 4 heteroatoms. The molecule has 2 heterocycles. The minimum Gasteiger partial charge on any atom is -0.454 e. The van der Waals surface area contributed by atoms with Gasteiger partial charge in [-0.05, 0) is 64.2 Å². The Morgan fingerprint density at radius 3 is 1.70 bits per heavy atom. The van der Waals surface area contributed by atoms with Gasteiger partial charge in [-0.3, -0.25) is 0 Å². The lowest BCUT2D eigenvalue weighted by Crippen LogP contribution is -2.11. The summed E-state index contributed by atoms with van der Waals surface area (Å²) in [5.74, 6) is 0. The lowest BCUT2D eigenvalue weighted by atomic mass is 9.96. The van der Waals surface area contributed by atoms with Crippen molar-refractivity contribution in [3.8, 4) is 44.0 Å². The van der Waals surface area contributed by atoms with E-state index in [1.165, 1.54) is 16.7 Å². The molecule has 53 heavy (non-hydrogen) atoms. The molecule has 0 N–H and O–H groups in total. The first kappa shape index (κ1) is 31.0. The molecule has 10 aromatic rings. The molecular formula is C49H32N2OS. The zero-order chi connectivity index (χ0) is 35.1. The van der Waals surface area contributed by atoms with E-state index < -0.39 is 0 Å². The first-order chi connectivity index (χ1) is 26.3. The van der Waals surface area contributed by atoms with E-state index in [4.69, 9.17) is 9.40 Å². The first-order valence-electron chi connectivity index (χ1n) is 17.8. The summed E-state index contributed by atoms with van der Waals surface area (Å²) in [6.07, 6.45) is 0. The largest absolute Gasteiger partial charge is 0.454 e. The van der Waals surface area contributed by atoms with Crippen molar-refractivity contribution in [2.75, 3.05) is 4.90 Å². The monoisotopic (exact) mass is 696 g/mol. The van der Waals surface area contributed by atoms with E-state index in [9.17, 15) is 0 Å². The Labute approximate surface area is 311 Å². The molecule has 2 aromatic heterocycles. The summed E-state index contributed by atoms with van der Waals surface area (Å²) >= 11 is 1.70. The Hall–Kier alpha value is -6.75. The minimum absolute atomic E-state index is 0.835. The van der Waals surface area contributed by atoms with Crippen LogP contribution in [0.2, 0.25) is 0 Å². The molecule has 0 saturated carbocycles. The van der Waals surface area contributed by atoms with Gasteiger partial charge in [0, 0.05) is 33.7 Å². The zero-order valence-corrected chi connectivity index (χ0v) is 29.5. The number of aromatic nitrogens is 1. The van der Waals surface area contributed by atoms with Crippen molar-refractivity contribution in [1.29, 1.82) is 0 Å². The van der Waals surface area contributed by atoms with Crippen LogP contribution in [0.25, 0.3) is 76.1 Å². The number of para-hydroxylation sites is 1. The summed E-state index contributed by atoms with van der Waals surface area (Å²) in [6.45, 7) is 0. The molecular weight excluding hydrogens is 665 g/mol. The van der Waals surface area contributed by atoms with Gasteiger partial charge in [0.1, 0.15) is 10.6 Å². The highest BCUT2D eigenvalue weighted by atomic mass is 32.1. The number of hydrogen-bond acceptors (Lipinski definition) is 4. The highest BCUT2D eigenvalue weighted by Gasteiger charge is 2.23. The summed E-state index contributed by atoms with van der Waals surface area (Å²) in [5.41, 5.74) is 13.8. The van der Waals surface area contributed by atoms with Gasteiger partial charge in [-0.2, -0.15) is 0 Å². The third-order valence-corrected chi connectivity index (χ3v) is 11.0. The van der Waals surface area contributed by atoms with Crippen molar-refractivity contribution < 1.29 is 4.42 Å². The molecule has 0 saturated heterocycles. The van der Waals surface area contributed by atoms with Crippen LogP contribution in [-0.4, -0.2) is 4.98 Å². The fourth-order valence-electron chi connectivity index (χ4n) is 7.32. The zero-order valence-electron chi connectivity index (χ0n) is 28.7. The lowest BCUT2D eigenvalue weighted by Gasteiger charge is -2.28. The molecule has 0 unspecified atom stereocenters. The standard InChI is InChI=1S/C49H32N2OS/c1-5-14-33(15-6-1)35-24-27-39(28-25-35)51(44-29-26-38(34-16-7-2-8-17-34)30-41(44)36-18-9-3-10-19-36)45-23-13-22-40-42-31-43-47(32-46(42)52-48(40)45)53-49(50-43)37-20-11-4-12-21-37/h1-32H. The van der Waals surface area contributed by atoms with Gasteiger partial charge in [0.2, 0.25) is 0 Å². The fourth-order valence-corrected chi connectivity index (χ4v) is 8.30. The van der Waals surface area contributed by atoms with Gasteiger partial charge in [-0.15, -0.1) is 11.3 Å². The second kappa shape index (κ2) is 13.1. The van der Waals surface area contributed by atoms with Crippen LogP contribution in [0.15, 0.2) is 199 Å². The van der Waals surface area contributed by atoms with Gasteiger partial charge >= 0.3 is 0 Å². The fraction of sp³-hybridized carbons (Fsp3) is 0. The molecule has 0 amide bonds. The Morgan fingerprint density at radius 2 is 1.02 bits per heavy atom.